The number of hydrogen-bond donors (Lipinski definition) is 1. The lowest BCUT2D eigenvalue weighted by Crippen LogP contribution is -2.57. The van der Waals surface area contributed by atoms with E-state index < -0.39 is 12.0 Å². The zero-order valence-corrected chi connectivity index (χ0v) is 19.7. The number of esters is 1. The Morgan fingerprint density at radius 3 is 2.50 bits per heavy atom. The van der Waals surface area contributed by atoms with Gasteiger partial charge in [0.25, 0.3) is 5.91 Å². The van der Waals surface area contributed by atoms with Gasteiger partial charge in [0.15, 0.2) is 0 Å². The Labute approximate surface area is 200 Å². The van der Waals surface area contributed by atoms with Crippen molar-refractivity contribution in [3.05, 3.63) is 60.2 Å². The molecular formula is C26H32N2O6. The predicted molar refractivity (Wildman–Crippen MR) is 127 cm³/mol. The molecule has 1 atom stereocenters. The summed E-state index contributed by atoms with van der Waals surface area (Å²) in [5.41, 5.74) is 0.371. The van der Waals surface area contributed by atoms with Gasteiger partial charge in [0.1, 0.15) is 30.8 Å². The van der Waals surface area contributed by atoms with Crippen LogP contribution in [0, 0.1) is 5.92 Å². The zero-order valence-electron chi connectivity index (χ0n) is 19.7. The third-order valence-electron chi connectivity index (χ3n) is 5.38. The largest absolute Gasteiger partial charge is 0.493 e. The highest BCUT2D eigenvalue weighted by Gasteiger charge is 2.36. The van der Waals surface area contributed by atoms with E-state index in [2.05, 4.69) is 19.2 Å². The van der Waals surface area contributed by atoms with Crippen LogP contribution in [0.25, 0.3) is 0 Å². The summed E-state index contributed by atoms with van der Waals surface area (Å²) in [5, 5.41) is 2.73. The lowest BCUT2D eigenvalue weighted by Gasteiger charge is -2.34. The van der Waals surface area contributed by atoms with E-state index in [0.29, 0.717) is 42.7 Å². The van der Waals surface area contributed by atoms with Gasteiger partial charge in [-0.15, -0.1) is 0 Å². The van der Waals surface area contributed by atoms with Crippen molar-refractivity contribution in [1.29, 1.82) is 0 Å². The van der Waals surface area contributed by atoms with Crippen molar-refractivity contribution in [1.82, 2.24) is 10.2 Å². The molecule has 0 spiro atoms. The van der Waals surface area contributed by atoms with E-state index in [0.717, 1.165) is 6.42 Å². The normalized spacial score (nSPS) is 15.6. The van der Waals surface area contributed by atoms with E-state index in [1.54, 1.807) is 24.3 Å². The Morgan fingerprint density at radius 1 is 1.00 bits per heavy atom. The number of piperazine rings is 1. The molecule has 2 aromatic carbocycles. The molecule has 1 fully saturated rings. The highest BCUT2D eigenvalue weighted by molar-refractivity contribution is 6.01. The first kappa shape index (κ1) is 25.1. The van der Waals surface area contributed by atoms with Crippen LogP contribution < -0.4 is 14.8 Å². The summed E-state index contributed by atoms with van der Waals surface area (Å²) in [7, 11) is 0. The summed E-state index contributed by atoms with van der Waals surface area (Å²) in [6.45, 7) is 5.54. The van der Waals surface area contributed by atoms with Crippen molar-refractivity contribution in [2.45, 2.75) is 32.7 Å². The average molecular weight is 469 g/mol. The van der Waals surface area contributed by atoms with Crippen molar-refractivity contribution >= 4 is 17.8 Å². The number of nitrogens with zero attached hydrogens (tertiary/aromatic N) is 1. The molecule has 182 valence electrons. The van der Waals surface area contributed by atoms with E-state index in [4.69, 9.17) is 14.2 Å². The molecule has 1 unspecified atom stereocenters. The molecule has 1 aliphatic heterocycles. The van der Waals surface area contributed by atoms with Crippen LogP contribution in [0.2, 0.25) is 0 Å². The first-order valence-corrected chi connectivity index (χ1v) is 11.6. The molecule has 1 heterocycles. The Kier molecular flexibility index (Phi) is 9.31. The van der Waals surface area contributed by atoms with Gasteiger partial charge in [0.05, 0.1) is 18.6 Å². The first-order valence-electron chi connectivity index (χ1n) is 11.6. The van der Waals surface area contributed by atoms with Crippen molar-refractivity contribution in [2.75, 3.05) is 32.9 Å². The van der Waals surface area contributed by atoms with Gasteiger partial charge in [-0.3, -0.25) is 14.4 Å². The highest BCUT2D eigenvalue weighted by Crippen LogP contribution is 2.23. The number of carbonyl (C=O) groups excluding carboxylic acids is 3. The first-order chi connectivity index (χ1) is 16.5. The fraction of sp³-hybridized carbons (Fsp3) is 0.423. The maximum absolute atomic E-state index is 13.4. The van der Waals surface area contributed by atoms with Gasteiger partial charge in [0.2, 0.25) is 5.91 Å². The van der Waals surface area contributed by atoms with Crippen LogP contribution >= 0.6 is 0 Å². The molecule has 0 bridgehead atoms. The monoisotopic (exact) mass is 468 g/mol. The number of carbonyl (C=O) groups is 3. The van der Waals surface area contributed by atoms with E-state index in [1.807, 2.05) is 30.3 Å². The number of hydrogen-bond acceptors (Lipinski definition) is 6. The zero-order chi connectivity index (χ0) is 24.3. The maximum Gasteiger partial charge on any atom is 0.308 e. The molecule has 3 rings (SSSR count). The summed E-state index contributed by atoms with van der Waals surface area (Å²) in [6, 6.07) is 15.2. The van der Waals surface area contributed by atoms with E-state index >= 15 is 0 Å². The molecule has 0 saturated carbocycles. The third kappa shape index (κ3) is 7.23. The Bertz CT molecular complexity index is 963. The molecule has 8 nitrogen and oxygen atoms in total. The fourth-order valence-electron chi connectivity index (χ4n) is 3.54. The van der Waals surface area contributed by atoms with Crippen molar-refractivity contribution in [3.63, 3.8) is 0 Å². The lowest BCUT2D eigenvalue weighted by atomic mass is 10.1. The van der Waals surface area contributed by atoms with Crippen LogP contribution in [-0.4, -0.2) is 61.6 Å². The standard InChI is InChI=1S/C26H32N2O6/c1-19(2)12-15-33-23-11-7-6-10-21(23)26(31)28-14-13-27-25(30)22(28)18-24(29)34-17-16-32-20-8-4-3-5-9-20/h3-11,19,22H,12-18H2,1-2H3,(H,27,30). The third-order valence-corrected chi connectivity index (χ3v) is 5.38. The van der Waals surface area contributed by atoms with Gasteiger partial charge in [-0.2, -0.15) is 0 Å². The quantitative estimate of drug-likeness (QED) is 0.402. The minimum absolute atomic E-state index is 0.0442. The maximum atomic E-state index is 13.4. The second-order valence-corrected chi connectivity index (χ2v) is 8.42. The lowest BCUT2D eigenvalue weighted by molar-refractivity contribution is -0.148. The number of para-hydroxylation sites is 2. The van der Waals surface area contributed by atoms with Gasteiger partial charge in [0, 0.05) is 13.1 Å². The van der Waals surface area contributed by atoms with Crippen LogP contribution in [0.3, 0.4) is 0 Å². The topological polar surface area (TPSA) is 94.2 Å². The summed E-state index contributed by atoms with van der Waals surface area (Å²) in [4.78, 5) is 39.8. The van der Waals surface area contributed by atoms with E-state index in [9.17, 15) is 14.4 Å². The fourth-order valence-corrected chi connectivity index (χ4v) is 3.54. The van der Waals surface area contributed by atoms with Crippen molar-refractivity contribution in [2.24, 2.45) is 5.92 Å². The molecule has 0 aromatic heterocycles. The van der Waals surface area contributed by atoms with Crippen LogP contribution in [0.1, 0.15) is 37.0 Å². The highest BCUT2D eigenvalue weighted by atomic mass is 16.6. The molecule has 1 saturated heterocycles. The number of amides is 2. The second kappa shape index (κ2) is 12.6. The van der Waals surface area contributed by atoms with Gasteiger partial charge >= 0.3 is 5.97 Å². The van der Waals surface area contributed by atoms with Gasteiger partial charge in [-0.05, 0) is 36.6 Å². The Balaban J connectivity index is 1.59. The SMILES string of the molecule is CC(C)CCOc1ccccc1C(=O)N1CCNC(=O)C1CC(=O)OCCOc1ccccc1. The van der Waals surface area contributed by atoms with Crippen molar-refractivity contribution in [3.8, 4) is 11.5 Å². The molecule has 2 amide bonds. The number of benzene rings is 2. The molecule has 8 heteroatoms. The number of ether oxygens (including phenoxy) is 3. The minimum atomic E-state index is -0.951. The summed E-state index contributed by atoms with van der Waals surface area (Å²) in [5.74, 6) is 0.324. The van der Waals surface area contributed by atoms with E-state index in [-0.39, 0.29) is 31.4 Å². The van der Waals surface area contributed by atoms with Crippen LogP contribution in [-0.2, 0) is 14.3 Å². The Morgan fingerprint density at radius 2 is 1.74 bits per heavy atom. The van der Waals surface area contributed by atoms with E-state index in [1.165, 1.54) is 4.90 Å². The molecule has 0 aliphatic carbocycles. The van der Waals surface area contributed by atoms with Gasteiger partial charge < -0.3 is 24.4 Å². The van der Waals surface area contributed by atoms with Gasteiger partial charge in [-0.1, -0.05) is 44.2 Å². The smallest absolute Gasteiger partial charge is 0.308 e. The average Bonchev–Trinajstić information content (AvgIpc) is 2.83. The molecule has 0 radical (unpaired) electrons. The summed E-state index contributed by atoms with van der Waals surface area (Å²) in [6.07, 6.45) is 0.621. The van der Waals surface area contributed by atoms with Crippen LogP contribution in [0.5, 0.6) is 11.5 Å². The second-order valence-electron chi connectivity index (χ2n) is 8.42. The molecule has 2 aromatic rings. The Hall–Kier alpha value is -3.55. The van der Waals surface area contributed by atoms with Gasteiger partial charge in [-0.25, -0.2) is 0 Å². The number of rotatable bonds is 11. The molecule has 1 aliphatic rings. The van der Waals surface area contributed by atoms with Crippen molar-refractivity contribution < 1.29 is 28.6 Å². The molecular weight excluding hydrogens is 436 g/mol. The number of nitrogens with one attached hydrogen (secondary N) is 1. The predicted octanol–water partition coefficient (Wildman–Crippen LogP) is 3.06. The molecule has 1 N–H and O–H groups in total. The van der Waals surface area contributed by atoms with Crippen LogP contribution in [0.4, 0.5) is 0 Å². The summed E-state index contributed by atoms with van der Waals surface area (Å²) < 4.78 is 16.6. The summed E-state index contributed by atoms with van der Waals surface area (Å²) >= 11 is 0. The minimum Gasteiger partial charge on any atom is -0.493 e. The molecule has 34 heavy (non-hydrogen) atoms. The van der Waals surface area contributed by atoms with Crippen LogP contribution in [0.15, 0.2) is 54.6 Å².